The second-order valence-corrected chi connectivity index (χ2v) is 6.82. The van der Waals surface area contributed by atoms with Gasteiger partial charge in [-0.1, -0.05) is 23.7 Å². The Kier molecular flexibility index (Phi) is 6.80. The Morgan fingerprint density at radius 2 is 1.63 bits per heavy atom. The van der Waals surface area contributed by atoms with Crippen molar-refractivity contribution in [2.45, 2.75) is 18.8 Å². The van der Waals surface area contributed by atoms with Crippen molar-refractivity contribution in [3.8, 4) is 0 Å². The van der Waals surface area contributed by atoms with Crippen LogP contribution in [-0.2, 0) is 23.9 Å². The molecule has 0 radical (unpaired) electrons. The fraction of sp³-hybridized carbons (Fsp3) is 0.350. The van der Waals surface area contributed by atoms with Crippen molar-refractivity contribution in [2.75, 3.05) is 28.3 Å². The molecule has 144 valence electrons. The molecule has 1 aromatic carbocycles. The number of ether oxygens (including phenoxy) is 2. The van der Waals surface area contributed by atoms with Crippen LogP contribution in [0.3, 0.4) is 0 Å². The molecule has 1 atom stereocenters. The molecule has 0 heterocycles. The van der Waals surface area contributed by atoms with Gasteiger partial charge in [-0.25, -0.2) is 9.59 Å². The van der Waals surface area contributed by atoms with Crippen molar-refractivity contribution < 1.29 is 23.9 Å². The smallest absolute Gasteiger partial charge is 0.340 e. The molecule has 2 rings (SSSR count). The number of carbonyl (C=O) groups excluding carboxylic acids is 3. The third kappa shape index (κ3) is 4.77. The topological polar surface area (TPSA) is 72.9 Å². The first kappa shape index (κ1) is 20.7. The lowest BCUT2D eigenvalue weighted by Crippen LogP contribution is -2.26. The molecular weight excluding hydrogens is 370 g/mol. The van der Waals surface area contributed by atoms with E-state index in [1.54, 1.807) is 31.1 Å². The predicted octanol–water partition coefficient (Wildman–Crippen LogP) is 2.87. The highest BCUT2D eigenvalue weighted by Crippen LogP contribution is 2.35. The molecule has 1 aliphatic rings. The Bertz CT molecular complexity index is 808. The largest absolute Gasteiger partial charge is 0.465 e. The summed E-state index contributed by atoms with van der Waals surface area (Å²) in [5.41, 5.74) is 1.46. The number of hydrogen-bond acceptors (Lipinski definition) is 6. The molecule has 0 amide bonds. The van der Waals surface area contributed by atoms with Crippen LogP contribution in [0.1, 0.15) is 24.3 Å². The van der Waals surface area contributed by atoms with E-state index in [2.05, 4.69) is 0 Å². The Labute approximate surface area is 163 Å². The lowest BCUT2D eigenvalue weighted by Gasteiger charge is -2.28. The van der Waals surface area contributed by atoms with Crippen molar-refractivity contribution >= 4 is 29.3 Å². The van der Waals surface area contributed by atoms with E-state index < -0.39 is 11.9 Å². The van der Waals surface area contributed by atoms with E-state index in [0.29, 0.717) is 17.1 Å². The monoisotopic (exact) mass is 391 g/mol. The summed E-state index contributed by atoms with van der Waals surface area (Å²) in [5, 5.41) is 0.599. The highest BCUT2D eigenvalue weighted by Gasteiger charge is 2.32. The van der Waals surface area contributed by atoms with Crippen LogP contribution in [0.5, 0.6) is 0 Å². The summed E-state index contributed by atoms with van der Waals surface area (Å²) in [6, 6.07) is 7.24. The third-order valence-electron chi connectivity index (χ3n) is 4.43. The number of hydrogen-bond donors (Lipinski definition) is 0. The summed E-state index contributed by atoms with van der Waals surface area (Å²) in [6.45, 7) is 0. The van der Waals surface area contributed by atoms with Gasteiger partial charge in [0.15, 0.2) is 5.78 Å². The van der Waals surface area contributed by atoms with E-state index >= 15 is 0 Å². The van der Waals surface area contributed by atoms with Crippen molar-refractivity contribution in [3.63, 3.8) is 0 Å². The number of carbonyl (C=O) groups is 3. The fourth-order valence-electron chi connectivity index (χ4n) is 3.08. The van der Waals surface area contributed by atoms with Gasteiger partial charge in [0, 0.05) is 31.2 Å². The average Bonchev–Trinajstić information content (AvgIpc) is 2.63. The minimum atomic E-state index is -0.756. The molecule has 6 nitrogen and oxygen atoms in total. The van der Waals surface area contributed by atoms with Gasteiger partial charge < -0.3 is 14.4 Å². The van der Waals surface area contributed by atoms with Gasteiger partial charge in [0.05, 0.1) is 25.4 Å². The maximum absolute atomic E-state index is 12.6. The van der Waals surface area contributed by atoms with Crippen LogP contribution in [0.2, 0.25) is 5.02 Å². The van der Waals surface area contributed by atoms with Crippen LogP contribution in [0.15, 0.2) is 47.2 Å². The van der Waals surface area contributed by atoms with Crippen LogP contribution in [-0.4, -0.2) is 50.9 Å². The second-order valence-electron chi connectivity index (χ2n) is 6.38. The standard InChI is InChI=1S/C20H22ClNO5/c1-22(2)17-10-13(12-5-7-14(21)8-6-12)9-15(23)11-16(19(24)26-3)18(17)20(25)27-4/h5-8,11,13H,9-10H2,1-4H3/b16-11+,18-17-. The van der Waals surface area contributed by atoms with E-state index in [1.807, 2.05) is 12.1 Å². The van der Waals surface area contributed by atoms with Crippen LogP contribution in [0.25, 0.3) is 0 Å². The van der Waals surface area contributed by atoms with Gasteiger partial charge >= 0.3 is 11.9 Å². The van der Waals surface area contributed by atoms with E-state index in [4.69, 9.17) is 21.1 Å². The molecule has 0 saturated heterocycles. The van der Waals surface area contributed by atoms with Gasteiger partial charge in [-0.15, -0.1) is 0 Å². The van der Waals surface area contributed by atoms with Gasteiger partial charge in [-0.2, -0.15) is 0 Å². The number of esters is 2. The Morgan fingerprint density at radius 1 is 1.04 bits per heavy atom. The van der Waals surface area contributed by atoms with E-state index in [9.17, 15) is 14.4 Å². The molecule has 0 fully saturated rings. The SMILES string of the molecule is COC(=O)C1=C(\N(C)C)CC(c2ccc(Cl)cc2)CC(=O)/C=C\1C(=O)OC. The number of ketones is 1. The van der Waals surface area contributed by atoms with Gasteiger partial charge in [0.2, 0.25) is 0 Å². The van der Waals surface area contributed by atoms with Crippen molar-refractivity contribution in [3.05, 3.63) is 57.8 Å². The van der Waals surface area contributed by atoms with Crippen LogP contribution in [0.4, 0.5) is 0 Å². The zero-order valence-corrected chi connectivity index (χ0v) is 16.5. The Morgan fingerprint density at radius 3 is 2.15 bits per heavy atom. The number of allylic oxidation sites excluding steroid dienone is 2. The minimum Gasteiger partial charge on any atom is -0.465 e. The number of benzene rings is 1. The first-order valence-corrected chi connectivity index (χ1v) is 8.73. The highest BCUT2D eigenvalue weighted by molar-refractivity contribution is 6.30. The normalized spacial score (nSPS) is 22.2. The molecule has 0 N–H and O–H groups in total. The quantitative estimate of drug-likeness (QED) is 0.735. The van der Waals surface area contributed by atoms with Gasteiger partial charge in [-0.05, 0) is 36.1 Å². The molecule has 0 saturated carbocycles. The molecule has 0 bridgehead atoms. The maximum Gasteiger partial charge on any atom is 0.340 e. The lowest BCUT2D eigenvalue weighted by molar-refractivity contribution is -0.139. The molecule has 1 aromatic rings. The van der Waals surface area contributed by atoms with Crippen molar-refractivity contribution in [1.29, 1.82) is 0 Å². The number of methoxy groups -OCH3 is 2. The first-order chi connectivity index (χ1) is 12.8. The second kappa shape index (κ2) is 8.86. The van der Waals surface area contributed by atoms with Crippen LogP contribution in [0, 0.1) is 0 Å². The molecule has 27 heavy (non-hydrogen) atoms. The van der Waals surface area contributed by atoms with E-state index in [1.165, 1.54) is 20.3 Å². The molecular formula is C20H22ClNO5. The fourth-order valence-corrected chi connectivity index (χ4v) is 3.20. The van der Waals surface area contributed by atoms with Crippen LogP contribution < -0.4 is 0 Å². The van der Waals surface area contributed by atoms with Crippen LogP contribution >= 0.6 is 11.6 Å². The lowest BCUT2D eigenvalue weighted by atomic mass is 9.84. The molecule has 0 aromatic heterocycles. The minimum absolute atomic E-state index is 0.0429. The number of rotatable bonds is 4. The molecule has 0 aliphatic heterocycles. The average molecular weight is 392 g/mol. The molecule has 7 heteroatoms. The maximum atomic E-state index is 12.6. The summed E-state index contributed by atoms with van der Waals surface area (Å²) >= 11 is 5.96. The molecule has 1 unspecified atom stereocenters. The summed E-state index contributed by atoms with van der Waals surface area (Å²) < 4.78 is 9.66. The highest BCUT2D eigenvalue weighted by atomic mass is 35.5. The summed E-state index contributed by atoms with van der Waals surface area (Å²) in [4.78, 5) is 39.0. The Hall–Kier alpha value is -2.60. The zero-order chi connectivity index (χ0) is 20.1. The van der Waals surface area contributed by atoms with Crippen molar-refractivity contribution in [1.82, 2.24) is 4.90 Å². The van der Waals surface area contributed by atoms with E-state index in [-0.39, 0.29) is 29.3 Å². The van der Waals surface area contributed by atoms with Gasteiger partial charge in [0.25, 0.3) is 0 Å². The molecule has 1 aliphatic carbocycles. The molecule has 0 spiro atoms. The first-order valence-electron chi connectivity index (χ1n) is 8.36. The zero-order valence-electron chi connectivity index (χ0n) is 15.7. The summed E-state index contributed by atoms with van der Waals surface area (Å²) in [6.07, 6.45) is 1.73. The third-order valence-corrected chi connectivity index (χ3v) is 4.68. The predicted molar refractivity (Wildman–Crippen MR) is 101 cm³/mol. The van der Waals surface area contributed by atoms with Gasteiger partial charge in [-0.3, -0.25) is 4.79 Å². The summed E-state index contributed by atoms with van der Waals surface area (Å²) in [7, 11) is 5.98. The summed E-state index contributed by atoms with van der Waals surface area (Å²) in [5.74, 6) is -1.90. The van der Waals surface area contributed by atoms with Gasteiger partial charge in [0.1, 0.15) is 0 Å². The van der Waals surface area contributed by atoms with E-state index in [0.717, 1.165) is 5.56 Å². The number of nitrogens with zero attached hydrogens (tertiary/aromatic N) is 1. The van der Waals surface area contributed by atoms with Crippen molar-refractivity contribution in [2.24, 2.45) is 0 Å². The number of halogens is 1. The Balaban J connectivity index is 2.64.